The van der Waals surface area contributed by atoms with Crippen LogP contribution in [0, 0.1) is 28.1 Å². The van der Waals surface area contributed by atoms with Gasteiger partial charge in [-0.1, -0.05) is 19.4 Å². The van der Waals surface area contributed by atoms with E-state index in [4.69, 9.17) is 28.4 Å². The minimum Gasteiger partial charge on any atom is -0.432 e. The molecule has 57 heavy (non-hydrogen) atoms. The van der Waals surface area contributed by atoms with E-state index in [-0.39, 0.29) is 11.8 Å². The number of hydrogen-bond donors (Lipinski definition) is 12. The van der Waals surface area contributed by atoms with Gasteiger partial charge in [0, 0.05) is 0 Å². The summed E-state index contributed by atoms with van der Waals surface area (Å²) < 4.78 is 35.5. The topological polar surface area (TPSA) is 315 Å². The van der Waals surface area contributed by atoms with Crippen LogP contribution in [-0.2, 0) is 33.2 Å². The van der Waals surface area contributed by atoms with Gasteiger partial charge in [0.2, 0.25) is 6.29 Å². The Morgan fingerprint density at radius 1 is 0.667 bits per heavy atom. The molecule has 3 saturated carbocycles. The summed E-state index contributed by atoms with van der Waals surface area (Å²) >= 11 is 0. The molecular formula is C38H60O19. The second-order valence-electron chi connectivity index (χ2n) is 17.9. The SMILES string of the molecule is CC1(C(=O)O[C@@H]2O[C@H](CO)[C@@H](O)[C@H](O)[C@H]2O)CCC[C@@]2(C)[C@H]1CC[C@@]13C=C(CO)[C@](O[C@@H]4O[C@H](CO)[C@@H](O)[C@H](O)[C@H]4O[C@@H]4O[C@H](CO)[C@@H](O)[C@H](O)[C@H]4O)(CC[C@@H]12)C3. The van der Waals surface area contributed by atoms with Gasteiger partial charge in [0.1, 0.15) is 73.2 Å². The highest BCUT2D eigenvalue weighted by Crippen LogP contribution is 2.72. The molecule has 12 N–H and O–H groups in total. The Balaban J connectivity index is 1.12. The fourth-order valence-electron chi connectivity index (χ4n) is 11.9. The second kappa shape index (κ2) is 16.1. The molecule has 6 fully saturated rings. The van der Waals surface area contributed by atoms with E-state index in [9.17, 15) is 66.1 Å². The molecule has 1 spiro atoms. The first kappa shape index (κ1) is 43.6. The lowest BCUT2D eigenvalue weighted by Crippen LogP contribution is -2.66. The summed E-state index contributed by atoms with van der Waals surface area (Å²) in [6.07, 6.45) is -17.7. The molecule has 3 heterocycles. The lowest BCUT2D eigenvalue weighted by Gasteiger charge is -2.64. The molecule has 4 aliphatic carbocycles. The minimum absolute atomic E-state index is 0.00440. The van der Waals surface area contributed by atoms with Crippen molar-refractivity contribution in [3.63, 3.8) is 0 Å². The molecule has 2 bridgehead atoms. The van der Waals surface area contributed by atoms with Gasteiger partial charge in [0.05, 0.1) is 37.4 Å². The molecule has 21 atom stereocenters. The smallest absolute Gasteiger partial charge is 0.314 e. The third kappa shape index (κ3) is 7.01. The van der Waals surface area contributed by atoms with E-state index >= 15 is 0 Å². The highest BCUT2D eigenvalue weighted by molar-refractivity contribution is 5.77. The van der Waals surface area contributed by atoms with Gasteiger partial charge in [-0.2, -0.15) is 0 Å². The van der Waals surface area contributed by atoms with Gasteiger partial charge in [-0.05, 0) is 80.1 Å². The summed E-state index contributed by atoms with van der Waals surface area (Å²) in [6, 6.07) is 0. The van der Waals surface area contributed by atoms with Gasteiger partial charge < -0.3 is 89.7 Å². The van der Waals surface area contributed by atoms with Crippen molar-refractivity contribution in [2.45, 2.75) is 163 Å². The van der Waals surface area contributed by atoms with Crippen LogP contribution in [-0.4, -0.2) is 191 Å². The third-order valence-electron chi connectivity index (χ3n) is 14.9. The summed E-state index contributed by atoms with van der Waals surface area (Å²) in [5.41, 5.74) is -2.58. The molecular weight excluding hydrogens is 760 g/mol. The van der Waals surface area contributed by atoms with E-state index < -0.39 is 146 Å². The number of carbonyl (C=O) groups excluding carboxylic acids is 1. The van der Waals surface area contributed by atoms with Gasteiger partial charge in [-0.15, -0.1) is 0 Å². The largest absolute Gasteiger partial charge is 0.432 e. The Labute approximate surface area is 329 Å². The average molecular weight is 821 g/mol. The zero-order chi connectivity index (χ0) is 41.4. The Hall–Kier alpha value is -1.47. The predicted molar refractivity (Wildman–Crippen MR) is 188 cm³/mol. The van der Waals surface area contributed by atoms with Gasteiger partial charge in [0.15, 0.2) is 12.6 Å². The standard InChI is InChI=1S/C38H60O19/c1-35-6-3-7-36(2,34(51)56-32-29(50)26(47)23(44)18(13-41)53-32)20(35)4-8-37-10-16(11-39)38(15-37,9-5-21(35)37)57-33-30(27(48)24(45)19(14-42)54-33)55-31-28(49)25(46)22(43)17(12-40)52-31/h10,17-33,39-50H,3-9,11-15H2,1-2H3/t17-,18-,19-,20-,21-,22-,23-,24-,25+,26+,27+,28-,29-,30-,31+,32+,33+,35+,36?,37+,38+/m1/s1. The van der Waals surface area contributed by atoms with E-state index in [0.29, 0.717) is 50.5 Å². The molecule has 0 aromatic rings. The average Bonchev–Trinajstić information content (AvgIpc) is 3.42. The van der Waals surface area contributed by atoms with Gasteiger partial charge in [-0.25, -0.2) is 0 Å². The maximum Gasteiger partial charge on any atom is 0.314 e. The molecule has 19 heteroatoms. The number of ether oxygens (including phenoxy) is 6. The van der Waals surface area contributed by atoms with Crippen molar-refractivity contribution >= 4 is 5.97 Å². The van der Waals surface area contributed by atoms with E-state index in [0.717, 1.165) is 6.42 Å². The van der Waals surface area contributed by atoms with Crippen molar-refractivity contribution in [2.24, 2.45) is 28.1 Å². The van der Waals surface area contributed by atoms with E-state index in [2.05, 4.69) is 13.0 Å². The monoisotopic (exact) mass is 820 g/mol. The molecule has 19 nitrogen and oxygen atoms in total. The molecule has 3 saturated heterocycles. The number of aliphatic hydroxyl groups excluding tert-OH is 12. The fourth-order valence-corrected chi connectivity index (χ4v) is 11.9. The second-order valence-corrected chi connectivity index (χ2v) is 17.9. The number of allylic oxidation sites excluding steroid dienone is 1. The van der Waals surface area contributed by atoms with Crippen LogP contribution in [0.5, 0.6) is 0 Å². The number of hydrogen-bond acceptors (Lipinski definition) is 19. The Morgan fingerprint density at radius 3 is 1.81 bits per heavy atom. The molecule has 0 amide bonds. The van der Waals surface area contributed by atoms with Crippen molar-refractivity contribution in [2.75, 3.05) is 26.4 Å². The summed E-state index contributed by atoms with van der Waals surface area (Å²) in [4.78, 5) is 14.1. The van der Waals surface area contributed by atoms with Gasteiger partial charge in [0.25, 0.3) is 0 Å². The molecule has 0 radical (unpaired) electrons. The number of rotatable bonds is 10. The van der Waals surface area contributed by atoms with Crippen molar-refractivity contribution in [1.29, 1.82) is 0 Å². The zero-order valence-corrected chi connectivity index (χ0v) is 32.1. The van der Waals surface area contributed by atoms with E-state index in [1.165, 1.54) is 0 Å². The normalized spacial score (nSPS) is 53.7. The third-order valence-corrected chi connectivity index (χ3v) is 14.9. The lowest BCUT2D eigenvalue weighted by atomic mass is 9.40. The highest BCUT2D eigenvalue weighted by atomic mass is 16.8. The van der Waals surface area contributed by atoms with Crippen molar-refractivity contribution in [1.82, 2.24) is 0 Å². The Kier molecular flexibility index (Phi) is 12.3. The fraction of sp³-hybridized carbons (Fsp3) is 0.921. The minimum atomic E-state index is -1.84. The molecule has 3 aliphatic heterocycles. The molecule has 7 rings (SSSR count). The molecule has 7 aliphatic rings. The van der Waals surface area contributed by atoms with Crippen molar-refractivity contribution < 1.29 is 94.5 Å². The number of carbonyl (C=O) groups is 1. The maximum atomic E-state index is 14.1. The van der Waals surface area contributed by atoms with Crippen LogP contribution in [0.25, 0.3) is 0 Å². The van der Waals surface area contributed by atoms with Crippen LogP contribution < -0.4 is 0 Å². The quantitative estimate of drug-likeness (QED) is 0.0568. The van der Waals surface area contributed by atoms with Crippen LogP contribution in [0.3, 0.4) is 0 Å². The van der Waals surface area contributed by atoms with Crippen LogP contribution >= 0.6 is 0 Å². The number of aliphatic hydroxyl groups is 12. The highest BCUT2D eigenvalue weighted by Gasteiger charge is 2.68. The van der Waals surface area contributed by atoms with Crippen LogP contribution in [0.4, 0.5) is 0 Å². The zero-order valence-electron chi connectivity index (χ0n) is 32.1. The Morgan fingerprint density at radius 2 is 1.21 bits per heavy atom. The van der Waals surface area contributed by atoms with E-state index in [1.807, 2.05) is 6.92 Å². The van der Waals surface area contributed by atoms with Crippen molar-refractivity contribution in [3.05, 3.63) is 11.6 Å². The summed E-state index contributed by atoms with van der Waals surface area (Å²) in [5, 5.41) is 125. The summed E-state index contributed by atoms with van der Waals surface area (Å²) in [5.74, 6) is -0.814. The van der Waals surface area contributed by atoms with E-state index in [1.54, 1.807) is 0 Å². The summed E-state index contributed by atoms with van der Waals surface area (Å²) in [6.45, 7) is 1.50. The van der Waals surface area contributed by atoms with Gasteiger partial charge >= 0.3 is 5.97 Å². The first-order chi connectivity index (χ1) is 26.9. The summed E-state index contributed by atoms with van der Waals surface area (Å²) in [7, 11) is 0. The first-order valence-electron chi connectivity index (χ1n) is 20.0. The first-order valence-corrected chi connectivity index (χ1v) is 20.0. The van der Waals surface area contributed by atoms with Gasteiger partial charge in [-0.3, -0.25) is 4.79 Å². The molecule has 1 unspecified atom stereocenters. The van der Waals surface area contributed by atoms with Crippen LogP contribution in [0.15, 0.2) is 11.6 Å². The van der Waals surface area contributed by atoms with Crippen molar-refractivity contribution in [3.8, 4) is 0 Å². The molecule has 326 valence electrons. The maximum absolute atomic E-state index is 14.1. The van der Waals surface area contributed by atoms with Crippen LogP contribution in [0.1, 0.15) is 65.2 Å². The van der Waals surface area contributed by atoms with Crippen LogP contribution in [0.2, 0.25) is 0 Å². The molecule has 0 aromatic heterocycles. The predicted octanol–water partition coefficient (Wildman–Crippen LogP) is -3.97. The number of esters is 1. The number of fused-ring (bicyclic) bond motifs is 3. The Bertz CT molecular complexity index is 1480. The lowest BCUT2D eigenvalue weighted by molar-refractivity contribution is -0.378. The molecule has 0 aromatic carbocycles.